The van der Waals surface area contributed by atoms with E-state index in [9.17, 15) is 10.2 Å². The highest BCUT2D eigenvalue weighted by molar-refractivity contribution is 5.41. The quantitative estimate of drug-likeness (QED) is 0.437. The van der Waals surface area contributed by atoms with Crippen LogP contribution in [-0.4, -0.2) is 28.4 Å². The molecule has 0 aliphatic heterocycles. The van der Waals surface area contributed by atoms with Gasteiger partial charge in [-0.1, -0.05) is 19.4 Å². The second kappa shape index (κ2) is 6.35. The van der Waals surface area contributed by atoms with E-state index in [-0.39, 0.29) is 11.5 Å². The number of rotatable bonds is 6. The maximum atomic E-state index is 9.78. The summed E-state index contributed by atoms with van der Waals surface area (Å²) < 4.78 is 0. The number of aliphatic hydroxyl groups is 1. The molecular weight excluding hydrogens is 206 g/mol. The molecule has 0 aromatic heterocycles. The predicted octanol–water partition coefficient (Wildman–Crippen LogP) is 1.52. The highest BCUT2D eigenvalue weighted by atomic mass is 16.3. The summed E-state index contributed by atoms with van der Waals surface area (Å²) in [5, 5.41) is 31.3. The van der Waals surface area contributed by atoms with Crippen LogP contribution in [0.15, 0.2) is 18.2 Å². The Bertz CT molecular complexity index is 328. The normalized spacial score (nSPS) is 12.6. The smallest absolute Gasteiger partial charge is 0.157 e. The van der Waals surface area contributed by atoms with Crippen molar-refractivity contribution in [3.05, 3.63) is 23.8 Å². The molecule has 0 amide bonds. The molecule has 1 atom stereocenters. The van der Waals surface area contributed by atoms with E-state index in [4.69, 9.17) is 5.11 Å². The number of hydrogen-bond donors (Lipinski definition) is 4. The van der Waals surface area contributed by atoms with Crippen molar-refractivity contribution in [1.29, 1.82) is 0 Å². The molecule has 1 unspecified atom stereocenters. The largest absolute Gasteiger partial charge is 0.504 e. The van der Waals surface area contributed by atoms with Crippen LogP contribution < -0.4 is 5.32 Å². The van der Waals surface area contributed by atoms with Crippen molar-refractivity contribution in [2.24, 2.45) is 0 Å². The third kappa shape index (κ3) is 3.72. The third-order valence-corrected chi connectivity index (χ3v) is 2.43. The Morgan fingerprint density at radius 2 is 2.00 bits per heavy atom. The van der Waals surface area contributed by atoms with Gasteiger partial charge in [-0.05, 0) is 30.7 Å². The molecule has 0 aliphatic rings. The van der Waals surface area contributed by atoms with Gasteiger partial charge in [-0.25, -0.2) is 0 Å². The average molecular weight is 225 g/mol. The van der Waals surface area contributed by atoms with Crippen LogP contribution in [0.2, 0.25) is 0 Å². The number of phenols is 2. The molecule has 0 fully saturated rings. The van der Waals surface area contributed by atoms with Gasteiger partial charge < -0.3 is 20.6 Å². The maximum absolute atomic E-state index is 9.78. The van der Waals surface area contributed by atoms with E-state index in [1.165, 1.54) is 12.1 Å². The summed E-state index contributed by atoms with van der Waals surface area (Å²) in [6.45, 7) is 3.43. The number of aromatic hydroxyl groups is 2. The zero-order valence-corrected chi connectivity index (χ0v) is 9.48. The summed E-state index contributed by atoms with van der Waals surface area (Å²) in [4.78, 5) is 0. The van der Waals surface area contributed by atoms with Crippen molar-refractivity contribution in [2.75, 3.05) is 13.1 Å². The van der Waals surface area contributed by atoms with Crippen molar-refractivity contribution in [1.82, 2.24) is 5.32 Å². The second-order valence-electron chi connectivity index (χ2n) is 3.82. The Balaban J connectivity index is 2.46. The fraction of sp³-hybridized carbons (Fsp3) is 0.500. The van der Waals surface area contributed by atoms with E-state index in [2.05, 4.69) is 12.2 Å². The molecule has 4 heteroatoms. The predicted molar refractivity (Wildman–Crippen MR) is 62.5 cm³/mol. The summed E-state index contributed by atoms with van der Waals surface area (Å²) in [5.74, 6) is -0.375. The van der Waals surface area contributed by atoms with Gasteiger partial charge in [0, 0.05) is 6.54 Å². The van der Waals surface area contributed by atoms with E-state index in [0.717, 1.165) is 19.4 Å². The number of aliphatic hydroxyl groups excluding tert-OH is 1. The number of phenolic OH excluding ortho intramolecular Hbond substituents is 2. The minimum Gasteiger partial charge on any atom is -0.504 e. The summed E-state index contributed by atoms with van der Waals surface area (Å²) >= 11 is 0. The molecule has 0 saturated heterocycles. The number of hydrogen-bond acceptors (Lipinski definition) is 4. The maximum Gasteiger partial charge on any atom is 0.157 e. The fourth-order valence-corrected chi connectivity index (χ4v) is 1.41. The van der Waals surface area contributed by atoms with E-state index >= 15 is 0 Å². The first-order chi connectivity index (χ1) is 7.65. The Hall–Kier alpha value is -1.26. The van der Waals surface area contributed by atoms with E-state index in [0.29, 0.717) is 12.1 Å². The Labute approximate surface area is 95.6 Å². The zero-order chi connectivity index (χ0) is 12.0. The van der Waals surface area contributed by atoms with Crippen LogP contribution >= 0.6 is 0 Å². The second-order valence-corrected chi connectivity index (χ2v) is 3.82. The molecule has 0 aliphatic carbocycles. The molecule has 16 heavy (non-hydrogen) atoms. The van der Waals surface area contributed by atoms with Gasteiger partial charge in [-0.3, -0.25) is 0 Å². The van der Waals surface area contributed by atoms with Gasteiger partial charge in [0.05, 0.1) is 6.10 Å². The highest BCUT2D eigenvalue weighted by Crippen LogP contribution is 2.27. The Morgan fingerprint density at radius 1 is 1.25 bits per heavy atom. The van der Waals surface area contributed by atoms with Crippen molar-refractivity contribution >= 4 is 0 Å². The van der Waals surface area contributed by atoms with Crippen LogP contribution in [0.5, 0.6) is 11.5 Å². The molecular formula is C12H19NO3. The van der Waals surface area contributed by atoms with Crippen molar-refractivity contribution < 1.29 is 15.3 Å². The first-order valence-electron chi connectivity index (χ1n) is 5.55. The lowest BCUT2D eigenvalue weighted by Crippen LogP contribution is -2.22. The van der Waals surface area contributed by atoms with Gasteiger partial charge in [0.25, 0.3) is 0 Å². The molecule has 0 heterocycles. The lowest BCUT2D eigenvalue weighted by molar-refractivity contribution is 0.174. The minimum atomic E-state index is -0.664. The van der Waals surface area contributed by atoms with Crippen LogP contribution in [0, 0.1) is 0 Å². The lowest BCUT2D eigenvalue weighted by Gasteiger charge is -2.12. The molecule has 0 spiro atoms. The molecule has 0 saturated carbocycles. The molecule has 4 N–H and O–H groups in total. The third-order valence-electron chi connectivity index (χ3n) is 2.43. The van der Waals surface area contributed by atoms with Crippen molar-refractivity contribution in [3.63, 3.8) is 0 Å². The van der Waals surface area contributed by atoms with Gasteiger partial charge in [-0.2, -0.15) is 0 Å². The Morgan fingerprint density at radius 3 is 2.62 bits per heavy atom. The summed E-state index contributed by atoms with van der Waals surface area (Å²) in [6, 6.07) is 4.35. The first kappa shape index (κ1) is 12.8. The molecule has 0 radical (unpaired) electrons. The average Bonchev–Trinajstić information content (AvgIpc) is 2.28. The molecule has 90 valence electrons. The van der Waals surface area contributed by atoms with Crippen LogP contribution in [0.3, 0.4) is 0 Å². The number of benzene rings is 1. The molecule has 0 bridgehead atoms. The van der Waals surface area contributed by atoms with Crippen LogP contribution in [0.1, 0.15) is 31.4 Å². The van der Waals surface area contributed by atoms with Gasteiger partial charge in [0.2, 0.25) is 0 Å². The van der Waals surface area contributed by atoms with Crippen LogP contribution in [0.25, 0.3) is 0 Å². The lowest BCUT2D eigenvalue weighted by atomic mass is 10.1. The van der Waals surface area contributed by atoms with Gasteiger partial charge in [0.15, 0.2) is 11.5 Å². The van der Waals surface area contributed by atoms with Crippen LogP contribution in [0.4, 0.5) is 0 Å². The van der Waals surface area contributed by atoms with Crippen molar-refractivity contribution in [2.45, 2.75) is 25.9 Å². The summed E-state index contributed by atoms with van der Waals surface area (Å²) in [6.07, 6.45) is 1.53. The molecule has 1 aromatic rings. The van der Waals surface area contributed by atoms with E-state index in [1.807, 2.05) is 0 Å². The van der Waals surface area contributed by atoms with Gasteiger partial charge in [-0.15, -0.1) is 0 Å². The SMILES string of the molecule is CCCCNCC(O)c1ccc(O)c(O)c1. The summed E-state index contributed by atoms with van der Waals surface area (Å²) in [5.41, 5.74) is 0.597. The molecule has 1 rings (SSSR count). The number of unbranched alkanes of at least 4 members (excludes halogenated alkanes) is 1. The van der Waals surface area contributed by atoms with E-state index < -0.39 is 6.10 Å². The van der Waals surface area contributed by atoms with E-state index in [1.54, 1.807) is 6.07 Å². The van der Waals surface area contributed by atoms with Gasteiger partial charge >= 0.3 is 0 Å². The Kier molecular flexibility index (Phi) is 5.08. The summed E-state index contributed by atoms with van der Waals surface area (Å²) in [7, 11) is 0. The fourth-order valence-electron chi connectivity index (χ4n) is 1.41. The first-order valence-corrected chi connectivity index (χ1v) is 5.55. The monoisotopic (exact) mass is 225 g/mol. The van der Waals surface area contributed by atoms with Gasteiger partial charge in [0.1, 0.15) is 0 Å². The standard InChI is InChI=1S/C12H19NO3/c1-2-3-6-13-8-12(16)9-4-5-10(14)11(15)7-9/h4-5,7,12-16H,2-3,6,8H2,1H3. The minimum absolute atomic E-state index is 0.171. The molecule has 4 nitrogen and oxygen atoms in total. The van der Waals surface area contributed by atoms with Crippen molar-refractivity contribution in [3.8, 4) is 11.5 Å². The zero-order valence-electron chi connectivity index (χ0n) is 9.48. The van der Waals surface area contributed by atoms with Crippen LogP contribution in [-0.2, 0) is 0 Å². The highest BCUT2D eigenvalue weighted by Gasteiger charge is 2.09. The molecule has 1 aromatic carbocycles. The number of nitrogens with one attached hydrogen (secondary N) is 1. The topological polar surface area (TPSA) is 72.7 Å².